The van der Waals surface area contributed by atoms with Gasteiger partial charge in [0.15, 0.2) is 0 Å². The Kier molecular flexibility index (Phi) is 4.17. The highest BCUT2D eigenvalue weighted by molar-refractivity contribution is 5.86. The molecule has 15 heavy (non-hydrogen) atoms. The average Bonchev–Trinajstić information content (AvgIpc) is 1.93. The van der Waals surface area contributed by atoms with Gasteiger partial charge in [0.1, 0.15) is 0 Å². The monoisotopic (exact) mass is 236 g/mol. The van der Waals surface area contributed by atoms with E-state index in [0.717, 1.165) is 0 Å². The summed E-state index contributed by atoms with van der Waals surface area (Å²) in [5.74, 6) is -2.00. The molecule has 0 amide bonds. The van der Waals surface area contributed by atoms with Crippen LogP contribution in [0.4, 0.5) is 26.3 Å². The number of carboxylic acid groups (broad SMARTS) is 1. The highest BCUT2D eigenvalue weighted by Crippen LogP contribution is 2.27. The number of allylic oxidation sites excluding steroid dienone is 1. The standard InChI is InChI=1S/C7H6F6O2/c8-6(9,10)2-1-4(5(14)15)3-7(11,12)13/h1H,2-3H2,(H,14,15)/b4-1+. The van der Waals surface area contributed by atoms with Crippen LogP contribution in [0.1, 0.15) is 12.8 Å². The van der Waals surface area contributed by atoms with Crippen LogP contribution in [0.5, 0.6) is 0 Å². The van der Waals surface area contributed by atoms with Crippen molar-refractivity contribution in [2.45, 2.75) is 25.2 Å². The van der Waals surface area contributed by atoms with Gasteiger partial charge >= 0.3 is 18.3 Å². The molecule has 0 aromatic heterocycles. The molecular formula is C7H6F6O2. The van der Waals surface area contributed by atoms with Gasteiger partial charge in [0.05, 0.1) is 12.8 Å². The van der Waals surface area contributed by atoms with E-state index in [1.165, 1.54) is 0 Å². The average molecular weight is 236 g/mol. The van der Waals surface area contributed by atoms with Crippen LogP contribution >= 0.6 is 0 Å². The normalized spacial score (nSPS) is 14.1. The highest BCUT2D eigenvalue weighted by atomic mass is 19.4. The summed E-state index contributed by atoms with van der Waals surface area (Å²) in [5.41, 5.74) is -1.31. The Morgan fingerprint density at radius 3 is 1.80 bits per heavy atom. The zero-order valence-corrected chi connectivity index (χ0v) is 7.11. The molecule has 0 saturated heterocycles. The van der Waals surface area contributed by atoms with Crippen molar-refractivity contribution in [3.63, 3.8) is 0 Å². The summed E-state index contributed by atoms with van der Waals surface area (Å²) < 4.78 is 69.9. The number of hydrogen-bond acceptors (Lipinski definition) is 1. The van der Waals surface area contributed by atoms with Crippen LogP contribution in [0.2, 0.25) is 0 Å². The third-order valence-electron chi connectivity index (χ3n) is 1.25. The molecule has 0 unspecified atom stereocenters. The molecule has 0 radical (unpaired) electrons. The number of carboxylic acids is 1. The van der Waals surface area contributed by atoms with Crippen LogP contribution < -0.4 is 0 Å². The molecule has 0 spiro atoms. The topological polar surface area (TPSA) is 37.3 Å². The molecule has 0 aromatic carbocycles. The second kappa shape index (κ2) is 4.54. The van der Waals surface area contributed by atoms with Gasteiger partial charge in [0.2, 0.25) is 0 Å². The number of hydrogen-bond donors (Lipinski definition) is 1. The van der Waals surface area contributed by atoms with Gasteiger partial charge in [-0.15, -0.1) is 0 Å². The minimum atomic E-state index is -4.84. The molecule has 0 atom stereocenters. The largest absolute Gasteiger partial charge is 0.478 e. The van der Waals surface area contributed by atoms with Gasteiger partial charge in [-0.1, -0.05) is 6.08 Å². The first-order chi connectivity index (χ1) is 6.51. The van der Waals surface area contributed by atoms with Crippen molar-refractivity contribution in [1.29, 1.82) is 0 Å². The molecule has 0 aliphatic heterocycles. The molecule has 0 aliphatic rings. The smallest absolute Gasteiger partial charge is 0.393 e. The summed E-state index contributed by atoms with van der Waals surface area (Å²) >= 11 is 0. The van der Waals surface area contributed by atoms with Gasteiger partial charge in [0, 0.05) is 5.57 Å². The van der Waals surface area contributed by atoms with Crippen molar-refractivity contribution in [3.05, 3.63) is 11.6 Å². The van der Waals surface area contributed by atoms with Crippen LogP contribution in [0, 0.1) is 0 Å². The Labute approximate surface area is 80.2 Å². The first-order valence-corrected chi connectivity index (χ1v) is 3.57. The van der Waals surface area contributed by atoms with E-state index in [-0.39, 0.29) is 6.08 Å². The summed E-state index contributed by atoms with van der Waals surface area (Å²) in [4.78, 5) is 10.2. The summed E-state index contributed by atoms with van der Waals surface area (Å²) in [5, 5.41) is 8.20. The Morgan fingerprint density at radius 1 is 1.07 bits per heavy atom. The lowest BCUT2D eigenvalue weighted by Crippen LogP contribution is -2.15. The maximum atomic E-state index is 11.7. The van der Waals surface area contributed by atoms with Crippen LogP contribution in [0.15, 0.2) is 11.6 Å². The lowest BCUT2D eigenvalue weighted by Gasteiger charge is -2.07. The second-order valence-electron chi connectivity index (χ2n) is 2.65. The van der Waals surface area contributed by atoms with E-state index in [1.54, 1.807) is 0 Å². The fourth-order valence-electron chi connectivity index (χ4n) is 0.690. The van der Waals surface area contributed by atoms with E-state index in [1.807, 2.05) is 0 Å². The first-order valence-electron chi connectivity index (χ1n) is 3.57. The molecule has 0 rings (SSSR count). The van der Waals surface area contributed by atoms with Crippen molar-refractivity contribution in [2.75, 3.05) is 0 Å². The lowest BCUT2D eigenvalue weighted by atomic mass is 10.1. The van der Waals surface area contributed by atoms with Crippen LogP contribution in [-0.4, -0.2) is 23.4 Å². The van der Waals surface area contributed by atoms with E-state index in [2.05, 4.69) is 0 Å². The van der Waals surface area contributed by atoms with Gasteiger partial charge in [-0.25, -0.2) is 4.79 Å². The Morgan fingerprint density at radius 2 is 1.53 bits per heavy atom. The van der Waals surface area contributed by atoms with Crippen molar-refractivity contribution < 1.29 is 36.2 Å². The summed E-state index contributed by atoms with van der Waals surface area (Å²) in [6.07, 6.45) is -13.1. The van der Waals surface area contributed by atoms with E-state index in [0.29, 0.717) is 0 Å². The Bertz CT molecular complexity index is 262. The molecule has 0 fully saturated rings. The molecular weight excluding hydrogens is 230 g/mol. The van der Waals surface area contributed by atoms with Crippen LogP contribution in [0.25, 0.3) is 0 Å². The van der Waals surface area contributed by atoms with E-state index in [4.69, 9.17) is 5.11 Å². The molecule has 0 heterocycles. The Hall–Kier alpha value is -1.21. The van der Waals surface area contributed by atoms with Gasteiger partial charge < -0.3 is 5.11 Å². The zero-order valence-electron chi connectivity index (χ0n) is 7.11. The van der Waals surface area contributed by atoms with Crippen LogP contribution in [-0.2, 0) is 4.79 Å². The van der Waals surface area contributed by atoms with Crippen molar-refractivity contribution in [3.8, 4) is 0 Å². The lowest BCUT2D eigenvalue weighted by molar-refractivity contribution is -0.143. The van der Waals surface area contributed by atoms with Crippen molar-refractivity contribution >= 4 is 5.97 Å². The van der Waals surface area contributed by atoms with Gasteiger partial charge in [-0.05, 0) is 0 Å². The fraction of sp³-hybridized carbons (Fsp3) is 0.571. The van der Waals surface area contributed by atoms with E-state index in [9.17, 15) is 31.1 Å². The molecule has 1 N–H and O–H groups in total. The molecule has 2 nitrogen and oxygen atoms in total. The summed E-state index contributed by atoms with van der Waals surface area (Å²) in [7, 11) is 0. The predicted octanol–water partition coefficient (Wildman–Crippen LogP) is 2.90. The first kappa shape index (κ1) is 13.8. The van der Waals surface area contributed by atoms with E-state index < -0.39 is 36.7 Å². The fourth-order valence-corrected chi connectivity index (χ4v) is 0.690. The van der Waals surface area contributed by atoms with Gasteiger partial charge in [0.25, 0.3) is 0 Å². The predicted molar refractivity (Wildman–Crippen MR) is 37.1 cm³/mol. The van der Waals surface area contributed by atoms with Crippen molar-refractivity contribution in [2.24, 2.45) is 0 Å². The van der Waals surface area contributed by atoms with Crippen LogP contribution in [0.3, 0.4) is 0 Å². The quantitative estimate of drug-likeness (QED) is 0.604. The summed E-state index contributed by atoms with van der Waals surface area (Å²) in [6, 6.07) is 0. The third-order valence-corrected chi connectivity index (χ3v) is 1.25. The number of rotatable bonds is 3. The van der Waals surface area contributed by atoms with Gasteiger partial charge in [-0.2, -0.15) is 26.3 Å². The third kappa shape index (κ3) is 7.83. The number of aliphatic carboxylic acids is 1. The SMILES string of the molecule is O=C(O)/C(=C/CC(F)(F)F)CC(F)(F)F. The maximum Gasteiger partial charge on any atom is 0.393 e. The minimum Gasteiger partial charge on any atom is -0.478 e. The number of alkyl halides is 6. The second-order valence-corrected chi connectivity index (χ2v) is 2.65. The summed E-state index contributed by atoms with van der Waals surface area (Å²) in [6.45, 7) is 0. The molecule has 0 saturated carbocycles. The van der Waals surface area contributed by atoms with Gasteiger partial charge in [-0.3, -0.25) is 0 Å². The zero-order chi connectivity index (χ0) is 12.3. The molecule has 88 valence electrons. The molecule has 0 aliphatic carbocycles. The number of halogens is 6. The van der Waals surface area contributed by atoms with E-state index >= 15 is 0 Å². The highest BCUT2D eigenvalue weighted by Gasteiger charge is 2.33. The van der Waals surface area contributed by atoms with Crippen molar-refractivity contribution in [1.82, 2.24) is 0 Å². The minimum absolute atomic E-state index is 0.0236. The molecule has 0 bridgehead atoms. The molecule has 8 heteroatoms. The Balaban J connectivity index is 4.62. The number of carbonyl (C=O) groups is 1. The maximum absolute atomic E-state index is 11.7. The molecule has 0 aromatic rings.